The highest BCUT2D eigenvalue weighted by atomic mass is 19.1. The molecule has 222 valence electrons. The summed E-state index contributed by atoms with van der Waals surface area (Å²) in [6, 6.07) is 8.09. The Hall–Kier alpha value is -3.99. The summed E-state index contributed by atoms with van der Waals surface area (Å²) in [5.41, 5.74) is 2.96. The number of halogens is 1. The number of methoxy groups -OCH3 is 1. The third-order valence-electron chi connectivity index (χ3n) is 7.80. The first-order valence-electron chi connectivity index (χ1n) is 14.3. The van der Waals surface area contributed by atoms with Crippen LogP contribution in [0, 0.1) is 5.82 Å². The lowest BCUT2D eigenvalue weighted by Crippen LogP contribution is -2.42. The largest absolute Gasteiger partial charge is 0.464 e. The number of likely N-dealkylation sites (N-methyl/N-ethyl adjacent to an activating group) is 1. The van der Waals surface area contributed by atoms with Crippen LogP contribution >= 0.6 is 0 Å². The van der Waals surface area contributed by atoms with Crippen LogP contribution in [0.5, 0.6) is 5.75 Å². The number of benzene rings is 2. The van der Waals surface area contributed by atoms with E-state index in [-0.39, 0.29) is 30.2 Å². The third kappa shape index (κ3) is 5.45. The summed E-state index contributed by atoms with van der Waals surface area (Å²) >= 11 is 0. The van der Waals surface area contributed by atoms with E-state index in [1.54, 1.807) is 29.9 Å². The van der Waals surface area contributed by atoms with Gasteiger partial charge in [0, 0.05) is 62.9 Å². The Labute approximate surface area is 244 Å². The molecule has 0 bridgehead atoms. The van der Waals surface area contributed by atoms with Crippen LogP contribution in [0.3, 0.4) is 0 Å². The molecule has 0 radical (unpaired) electrons. The van der Waals surface area contributed by atoms with Crippen LogP contribution in [0.2, 0.25) is 0 Å². The van der Waals surface area contributed by atoms with E-state index in [1.807, 2.05) is 32.9 Å². The number of carbonyl (C=O) groups excluding carboxylic acids is 1. The molecule has 3 heterocycles. The molecule has 6 rings (SSSR count). The second-order valence-electron chi connectivity index (χ2n) is 12.2. The van der Waals surface area contributed by atoms with Gasteiger partial charge in [0.15, 0.2) is 24.2 Å². The van der Waals surface area contributed by atoms with Gasteiger partial charge in [-0.05, 0) is 64.3 Å². The molecule has 2 aromatic heterocycles. The zero-order chi connectivity index (χ0) is 29.8. The average molecular weight is 577 g/mol. The maximum Gasteiger partial charge on any atom is 0.410 e. The molecule has 11 heteroatoms. The number of carbonyl (C=O) groups is 1. The van der Waals surface area contributed by atoms with Gasteiger partial charge in [-0.15, -0.1) is 0 Å². The van der Waals surface area contributed by atoms with Gasteiger partial charge in [0.05, 0.1) is 22.8 Å². The van der Waals surface area contributed by atoms with E-state index in [1.165, 1.54) is 7.11 Å². The van der Waals surface area contributed by atoms with Crippen molar-refractivity contribution in [1.82, 2.24) is 24.6 Å². The normalized spacial score (nSPS) is 17.3. The van der Waals surface area contributed by atoms with E-state index in [0.29, 0.717) is 29.2 Å². The molecule has 10 nitrogen and oxygen atoms in total. The fourth-order valence-electron chi connectivity index (χ4n) is 5.56. The summed E-state index contributed by atoms with van der Waals surface area (Å²) in [5, 5.41) is 5.89. The molecule has 0 N–H and O–H groups in total. The van der Waals surface area contributed by atoms with E-state index in [9.17, 15) is 4.79 Å². The molecule has 1 saturated carbocycles. The first kappa shape index (κ1) is 28.1. The highest BCUT2D eigenvalue weighted by molar-refractivity contribution is 5.91. The second-order valence-corrected chi connectivity index (χ2v) is 12.2. The van der Waals surface area contributed by atoms with Gasteiger partial charge < -0.3 is 24.0 Å². The lowest BCUT2D eigenvalue weighted by Gasteiger charge is -2.29. The molecule has 2 aliphatic rings. The van der Waals surface area contributed by atoms with Gasteiger partial charge in [-0.2, -0.15) is 5.10 Å². The van der Waals surface area contributed by atoms with Crippen LogP contribution in [-0.2, 0) is 16.5 Å². The van der Waals surface area contributed by atoms with Crippen LogP contribution in [0.4, 0.5) is 14.9 Å². The Kier molecular flexibility index (Phi) is 7.16. The van der Waals surface area contributed by atoms with Crippen molar-refractivity contribution in [2.45, 2.75) is 57.6 Å². The summed E-state index contributed by atoms with van der Waals surface area (Å²) in [6.45, 7) is 7.05. The lowest BCUT2D eigenvalue weighted by atomic mass is 10.1. The number of aryl methyl sites for hydroxylation is 1. The minimum absolute atomic E-state index is 0.0259. The third-order valence-corrected chi connectivity index (χ3v) is 7.80. The van der Waals surface area contributed by atoms with Crippen molar-refractivity contribution in [2.75, 3.05) is 38.9 Å². The number of hydrogen-bond acceptors (Lipinski definition) is 8. The number of ether oxygens (including phenoxy) is 3. The highest BCUT2D eigenvalue weighted by Crippen LogP contribution is 2.44. The second kappa shape index (κ2) is 10.7. The molecule has 1 amide bonds. The quantitative estimate of drug-likeness (QED) is 0.262. The average Bonchev–Trinajstić information content (AvgIpc) is 3.54. The highest BCUT2D eigenvalue weighted by Gasteiger charge is 2.33. The SMILES string of the molecule is COCOc1c(-c2nc(C3CC3)c3cc(N4CC[C@@H](N(C)C(=O)OC(C)(C)C)C4)ccc3n2)cc2cn(C)nc2c1F. The van der Waals surface area contributed by atoms with Gasteiger partial charge >= 0.3 is 6.09 Å². The van der Waals surface area contributed by atoms with Crippen LogP contribution in [0.1, 0.15) is 51.6 Å². The standard InChI is InChI=1S/C31H37FN6O4/c1-31(2,3)42-30(39)37(5)21-11-12-38(16-21)20-9-10-24-22(14-20)26(18-7-8-18)34-29(33-24)23-13-19-15-36(4)35-27(19)25(32)28(23)41-17-40-6/h9-10,13-15,18,21H,7-8,11-12,16-17H2,1-6H3/t21-/m1/s1. The van der Waals surface area contributed by atoms with E-state index in [4.69, 9.17) is 24.2 Å². The molecular weight excluding hydrogens is 539 g/mol. The molecule has 1 atom stereocenters. The Bertz CT molecular complexity index is 1660. The van der Waals surface area contributed by atoms with Crippen molar-refractivity contribution < 1.29 is 23.4 Å². The first-order chi connectivity index (χ1) is 20.0. The summed E-state index contributed by atoms with van der Waals surface area (Å²) in [5.74, 6) is 0.197. The molecule has 0 spiro atoms. The monoisotopic (exact) mass is 576 g/mol. The first-order valence-corrected chi connectivity index (χ1v) is 14.3. The number of hydrogen-bond donors (Lipinski definition) is 0. The minimum Gasteiger partial charge on any atom is -0.464 e. The van der Waals surface area contributed by atoms with Crippen LogP contribution < -0.4 is 9.64 Å². The fourth-order valence-corrected chi connectivity index (χ4v) is 5.56. The van der Waals surface area contributed by atoms with Gasteiger partial charge in [-0.1, -0.05) is 0 Å². The predicted molar refractivity (Wildman–Crippen MR) is 158 cm³/mol. The fraction of sp³-hybridized carbons (Fsp3) is 0.484. The molecule has 1 aliphatic carbocycles. The molecule has 2 fully saturated rings. The number of anilines is 1. The Morgan fingerprint density at radius 3 is 2.67 bits per heavy atom. The smallest absolute Gasteiger partial charge is 0.410 e. The van der Waals surface area contributed by atoms with Crippen LogP contribution in [0.25, 0.3) is 33.2 Å². The van der Waals surface area contributed by atoms with Crippen LogP contribution in [0.15, 0.2) is 30.5 Å². The zero-order valence-corrected chi connectivity index (χ0v) is 25.0. The zero-order valence-electron chi connectivity index (χ0n) is 25.0. The molecule has 42 heavy (non-hydrogen) atoms. The topological polar surface area (TPSA) is 94.8 Å². The van der Waals surface area contributed by atoms with Gasteiger partial charge in [0.1, 0.15) is 11.1 Å². The Morgan fingerprint density at radius 1 is 1.17 bits per heavy atom. The van der Waals surface area contributed by atoms with E-state index < -0.39 is 11.4 Å². The minimum atomic E-state index is -0.563. The number of amides is 1. The van der Waals surface area contributed by atoms with E-state index in [0.717, 1.165) is 48.1 Å². The summed E-state index contributed by atoms with van der Waals surface area (Å²) in [6.07, 6.45) is 4.40. The Morgan fingerprint density at radius 2 is 1.95 bits per heavy atom. The predicted octanol–water partition coefficient (Wildman–Crippen LogP) is 5.63. The maximum absolute atomic E-state index is 15.6. The van der Waals surface area contributed by atoms with E-state index >= 15 is 4.39 Å². The molecule has 4 aromatic rings. The summed E-state index contributed by atoms with van der Waals surface area (Å²) < 4.78 is 33.6. The van der Waals surface area contributed by atoms with Gasteiger partial charge in [0.2, 0.25) is 0 Å². The van der Waals surface area contributed by atoms with E-state index in [2.05, 4.69) is 22.1 Å². The van der Waals surface area contributed by atoms with Crippen molar-refractivity contribution in [2.24, 2.45) is 7.05 Å². The summed E-state index contributed by atoms with van der Waals surface area (Å²) in [4.78, 5) is 26.5. The number of rotatable bonds is 7. The lowest BCUT2D eigenvalue weighted by molar-refractivity contribution is 0.0238. The van der Waals surface area contributed by atoms with Gasteiger partial charge in [-0.25, -0.2) is 19.2 Å². The van der Waals surface area contributed by atoms with Crippen molar-refractivity contribution >= 4 is 33.6 Å². The molecule has 0 unspecified atom stereocenters. The maximum atomic E-state index is 15.6. The molecule has 2 aromatic carbocycles. The molecule has 1 saturated heterocycles. The van der Waals surface area contributed by atoms with Crippen molar-refractivity contribution in [3.8, 4) is 17.1 Å². The Balaban J connectivity index is 1.35. The van der Waals surface area contributed by atoms with Crippen molar-refractivity contribution in [1.29, 1.82) is 0 Å². The van der Waals surface area contributed by atoms with Gasteiger partial charge in [-0.3, -0.25) is 4.68 Å². The molecular formula is C31H37FN6O4. The molecule has 1 aliphatic heterocycles. The van der Waals surface area contributed by atoms with Crippen molar-refractivity contribution in [3.05, 3.63) is 42.0 Å². The number of fused-ring (bicyclic) bond motifs is 2. The van der Waals surface area contributed by atoms with Gasteiger partial charge in [0.25, 0.3) is 0 Å². The van der Waals surface area contributed by atoms with Crippen molar-refractivity contribution in [3.63, 3.8) is 0 Å². The number of nitrogens with zero attached hydrogens (tertiary/aromatic N) is 6. The number of aromatic nitrogens is 4. The van der Waals surface area contributed by atoms with Crippen LogP contribution in [-0.4, -0.2) is 76.4 Å². The summed E-state index contributed by atoms with van der Waals surface area (Å²) in [7, 11) is 5.05.